The maximum absolute atomic E-state index is 10.7. The first-order chi connectivity index (χ1) is 7.22. The molecule has 0 aliphatic heterocycles. The molecule has 0 bridgehead atoms. The Balaban J connectivity index is 2.55. The van der Waals surface area contributed by atoms with Crippen molar-refractivity contribution in [3.8, 4) is 0 Å². The zero-order chi connectivity index (χ0) is 11.1. The van der Waals surface area contributed by atoms with Crippen molar-refractivity contribution < 1.29 is 9.53 Å². The summed E-state index contributed by atoms with van der Waals surface area (Å²) in [5.74, 6) is -0.344. The third-order valence-corrected chi connectivity index (χ3v) is 1.91. The molecule has 1 aromatic rings. The molecule has 0 unspecified atom stereocenters. The lowest BCUT2D eigenvalue weighted by molar-refractivity contribution is -0.134. The molecule has 0 aliphatic carbocycles. The average molecular weight is 202 g/mol. The summed E-state index contributed by atoms with van der Waals surface area (Å²) in [7, 11) is 1.36. The number of rotatable bonds is 3. The standard InChI is InChI=1S/C13H14O2/c1-11-7-9-12(10-8-11)5-3-4-6-13(14)15-2/h3-10H,1-2H3/b5-3+,6-4-. The van der Waals surface area contributed by atoms with Gasteiger partial charge in [0.25, 0.3) is 0 Å². The van der Waals surface area contributed by atoms with Crippen molar-refractivity contribution in [3.05, 3.63) is 53.6 Å². The van der Waals surface area contributed by atoms with Crippen LogP contribution in [0.25, 0.3) is 6.08 Å². The number of methoxy groups -OCH3 is 1. The molecule has 0 saturated carbocycles. The summed E-state index contributed by atoms with van der Waals surface area (Å²) >= 11 is 0. The predicted octanol–water partition coefficient (Wildman–Crippen LogP) is 2.74. The van der Waals surface area contributed by atoms with Gasteiger partial charge in [-0.05, 0) is 12.5 Å². The smallest absolute Gasteiger partial charge is 0.330 e. The van der Waals surface area contributed by atoms with E-state index in [1.807, 2.05) is 43.3 Å². The Kier molecular flexibility index (Phi) is 4.35. The van der Waals surface area contributed by atoms with Crippen LogP contribution in [0.3, 0.4) is 0 Å². The summed E-state index contributed by atoms with van der Waals surface area (Å²) in [4.78, 5) is 10.7. The van der Waals surface area contributed by atoms with Gasteiger partial charge < -0.3 is 4.74 Å². The Labute approximate surface area is 89.9 Å². The third kappa shape index (κ3) is 4.27. The number of esters is 1. The zero-order valence-corrected chi connectivity index (χ0v) is 8.94. The molecular formula is C13H14O2. The van der Waals surface area contributed by atoms with Crippen LogP contribution in [0, 0.1) is 6.92 Å². The first-order valence-electron chi connectivity index (χ1n) is 4.72. The molecule has 0 aromatic heterocycles. The molecule has 1 aromatic carbocycles. The first-order valence-corrected chi connectivity index (χ1v) is 4.72. The summed E-state index contributed by atoms with van der Waals surface area (Å²) in [6.45, 7) is 2.05. The van der Waals surface area contributed by atoms with Crippen molar-refractivity contribution >= 4 is 12.0 Å². The van der Waals surface area contributed by atoms with Gasteiger partial charge in [0.15, 0.2) is 0 Å². The van der Waals surface area contributed by atoms with E-state index in [2.05, 4.69) is 4.74 Å². The van der Waals surface area contributed by atoms with Crippen molar-refractivity contribution in [1.29, 1.82) is 0 Å². The van der Waals surface area contributed by atoms with Crippen LogP contribution < -0.4 is 0 Å². The maximum atomic E-state index is 10.7. The molecular weight excluding hydrogens is 188 g/mol. The molecule has 0 N–H and O–H groups in total. The number of benzene rings is 1. The molecule has 0 heterocycles. The fraction of sp³-hybridized carbons (Fsp3) is 0.154. The highest BCUT2D eigenvalue weighted by Gasteiger charge is 1.87. The van der Waals surface area contributed by atoms with Gasteiger partial charge in [-0.1, -0.05) is 48.1 Å². The van der Waals surface area contributed by atoms with E-state index in [-0.39, 0.29) is 5.97 Å². The summed E-state index contributed by atoms with van der Waals surface area (Å²) in [5.41, 5.74) is 2.34. The number of aryl methyl sites for hydroxylation is 1. The van der Waals surface area contributed by atoms with E-state index in [0.717, 1.165) is 5.56 Å². The largest absolute Gasteiger partial charge is 0.466 e. The Bertz CT molecular complexity index is 372. The predicted molar refractivity (Wildman–Crippen MR) is 61.4 cm³/mol. The van der Waals surface area contributed by atoms with E-state index in [1.54, 1.807) is 6.08 Å². The monoisotopic (exact) mass is 202 g/mol. The molecule has 0 radical (unpaired) electrons. The minimum atomic E-state index is -0.344. The Morgan fingerprint density at radius 1 is 1.20 bits per heavy atom. The van der Waals surface area contributed by atoms with E-state index in [0.29, 0.717) is 0 Å². The molecule has 0 fully saturated rings. The molecule has 0 spiro atoms. The van der Waals surface area contributed by atoms with Crippen LogP contribution in [0.1, 0.15) is 11.1 Å². The minimum Gasteiger partial charge on any atom is -0.466 e. The van der Waals surface area contributed by atoms with Gasteiger partial charge in [0.1, 0.15) is 0 Å². The van der Waals surface area contributed by atoms with Crippen LogP contribution in [-0.2, 0) is 9.53 Å². The topological polar surface area (TPSA) is 26.3 Å². The molecule has 0 saturated heterocycles. The van der Waals surface area contributed by atoms with Crippen LogP contribution in [0.15, 0.2) is 42.5 Å². The second-order valence-electron chi connectivity index (χ2n) is 3.15. The van der Waals surface area contributed by atoms with Gasteiger partial charge in [0.2, 0.25) is 0 Å². The molecule has 2 nitrogen and oxygen atoms in total. The van der Waals surface area contributed by atoms with Crippen LogP contribution >= 0.6 is 0 Å². The SMILES string of the molecule is COC(=O)/C=C\C=C\c1ccc(C)cc1. The van der Waals surface area contributed by atoms with Gasteiger partial charge in [0.05, 0.1) is 7.11 Å². The second-order valence-corrected chi connectivity index (χ2v) is 3.15. The molecule has 0 atom stereocenters. The average Bonchev–Trinajstić information content (AvgIpc) is 2.26. The van der Waals surface area contributed by atoms with E-state index in [1.165, 1.54) is 18.7 Å². The lowest BCUT2D eigenvalue weighted by atomic mass is 10.1. The van der Waals surface area contributed by atoms with Gasteiger partial charge in [-0.25, -0.2) is 4.79 Å². The van der Waals surface area contributed by atoms with Crippen molar-refractivity contribution in [1.82, 2.24) is 0 Å². The van der Waals surface area contributed by atoms with Gasteiger partial charge in [-0.2, -0.15) is 0 Å². The molecule has 78 valence electrons. The van der Waals surface area contributed by atoms with Crippen LogP contribution in [0.2, 0.25) is 0 Å². The van der Waals surface area contributed by atoms with Crippen molar-refractivity contribution in [2.24, 2.45) is 0 Å². The van der Waals surface area contributed by atoms with E-state index in [4.69, 9.17) is 0 Å². The summed E-state index contributed by atoms with van der Waals surface area (Å²) in [5, 5.41) is 0. The van der Waals surface area contributed by atoms with Crippen molar-refractivity contribution in [3.63, 3.8) is 0 Å². The fourth-order valence-corrected chi connectivity index (χ4v) is 1.05. The number of ether oxygens (including phenoxy) is 1. The normalized spacial score (nSPS) is 11.1. The Morgan fingerprint density at radius 2 is 1.87 bits per heavy atom. The third-order valence-electron chi connectivity index (χ3n) is 1.91. The summed E-state index contributed by atoms with van der Waals surface area (Å²) < 4.78 is 4.46. The number of carbonyl (C=O) groups excluding carboxylic acids is 1. The highest BCUT2D eigenvalue weighted by atomic mass is 16.5. The second kappa shape index (κ2) is 5.81. The number of carbonyl (C=O) groups is 1. The molecule has 0 aliphatic rings. The quantitative estimate of drug-likeness (QED) is 0.428. The number of hydrogen-bond acceptors (Lipinski definition) is 2. The number of hydrogen-bond donors (Lipinski definition) is 0. The molecule has 0 amide bonds. The maximum Gasteiger partial charge on any atom is 0.330 e. The van der Waals surface area contributed by atoms with E-state index >= 15 is 0 Å². The van der Waals surface area contributed by atoms with Crippen LogP contribution in [-0.4, -0.2) is 13.1 Å². The Morgan fingerprint density at radius 3 is 2.47 bits per heavy atom. The zero-order valence-electron chi connectivity index (χ0n) is 8.94. The van der Waals surface area contributed by atoms with Crippen LogP contribution in [0.4, 0.5) is 0 Å². The first kappa shape index (κ1) is 11.2. The Hall–Kier alpha value is -1.83. The van der Waals surface area contributed by atoms with E-state index < -0.39 is 0 Å². The lowest BCUT2D eigenvalue weighted by Gasteiger charge is -1.93. The number of allylic oxidation sites excluding steroid dienone is 2. The molecule has 1 rings (SSSR count). The fourth-order valence-electron chi connectivity index (χ4n) is 1.05. The van der Waals surface area contributed by atoms with E-state index in [9.17, 15) is 4.79 Å². The van der Waals surface area contributed by atoms with Crippen molar-refractivity contribution in [2.75, 3.05) is 7.11 Å². The minimum absolute atomic E-state index is 0.344. The highest BCUT2D eigenvalue weighted by molar-refractivity contribution is 5.82. The molecule has 2 heteroatoms. The van der Waals surface area contributed by atoms with Gasteiger partial charge in [0, 0.05) is 6.08 Å². The lowest BCUT2D eigenvalue weighted by Crippen LogP contribution is -1.92. The van der Waals surface area contributed by atoms with Gasteiger partial charge in [-0.15, -0.1) is 0 Å². The van der Waals surface area contributed by atoms with Gasteiger partial charge in [-0.3, -0.25) is 0 Å². The summed E-state index contributed by atoms with van der Waals surface area (Å²) in [6, 6.07) is 8.14. The highest BCUT2D eigenvalue weighted by Crippen LogP contribution is 2.04. The van der Waals surface area contributed by atoms with Crippen LogP contribution in [0.5, 0.6) is 0 Å². The summed E-state index contributed by atoms with van der Waals surface area (Å²) in [6.07, 6.45) is 6.77. The van der Waals surface area contributed by atoms with Gasteiger partial charge >= 0.3 is 5.97 Å². The molecule has 15 heavy (non-hydrogen) atoms. The van der Waals surface area contributed by atoms with Crippen molar-refractivity contribution in [2.45, 2.75) is 6.92 Å².